The molecule has 0 spiro atoms. The molecule has 0 radical (unpaired) electrons. The summed E-state index contributed by atoms with van der Waals surface area (Å²) in [5, 5.41) is 0.512. The largest absolute Gasteiger partial charge is 0.462 e. The lowest BCUT2D eigenvalue weighted by Crippen LogP contribution is -2.34. The van der Waals surface area contributed by atoms with Crippen molar-refractivity contribution in [2.75, 3.05) is 6.61 Å². The standard InChI is InChI=1S/C24H19ClO7/c25-15-5-1-13(2-6-15)22(27)31-16-7-3-12(4-8-16)18(26)11-30-23(28)20-14-9-17-19(10-14)32-24(29)21(17)20/h1-8,14,17,19-21H,9-11H2/t14-,17+,19-,20-,21-/m1/s1. The molecule has 3 fully saturated rings. The molecule has 2 saturated carbocycles. The number of hydrogen-bond donors (Lipinski definition) is 0. The highest BCUT2D eigenvalue weighted by Crippen LogP contribution is 2.57. The number of halogens is 1. The zero-order valence-corrected chi connectivity index (χ0v) is 17.6. The summed E-state index contributed by atoms with van der Waals surface area (Å²) in [6.45, 7) is -0.415. The van der Waals surface area contributed by atoms with E-state index < -0.39 is 30.4 Å². The molecule has 2 bridgehead atoms. The maximum Gasteiger partial charge on any atom is 0.343 e. The number of carbonyl (C=O) groups excluding carboxylic acids is 4. The van der Waals surface area contributed by atoms with E-state index >= 15 is 0 Å². The monoisotopic (exact) mass is 454 g/mol. The van der Waals surface area contributed by atoms with Crippen LogP contribution < -0.4 is 4.74 Å². The number of ketones is 1. The van der Waals surface area contributed by atoms with Gasteiger partial charge in [-0.05, 0) is 67.3 Å². The molecule has 164 valence electrons. The van der Waals surface area contributed by atoms with Crippen molar-refractivity contribution >= 4 is 35.3 Å². The molecular formula is C24H19ClO7. The van der Waals surface area contributed by atoms with E-state index in [1.807, 2.05) is 0 Å². The summed E-state index contributed by atoms with van der Waals surface area (Å²) in [6, 6.07) is 12.3. The lowest BCUT2D eigenvalue weighted by molar-refractivity contribution is -0.154. The van der Waals surface area contributed by atoms with E-state index in [0.717, 1.165) is 6.42 Å². The van der Waals surface area contributed by atoms with Gasteiger partial charge < -0.3 is 14.2 Å². The van der Waals surface area contributed by atoms with E-state index in [1.54, 1.807) is 24.3 Å². The minimum absolute atomic E-state index is 0.0597. The van der Waals surface area contributed by atoms with Gasteiger partial charge in [-0.15, -0.1) is 0 Å². The molecule has 8 heteroatoms. The minimum atomic E-state index is -0.548. The molecule has 1 aliphatic heterocycles. The summed E-state index contributed by atoms with van der Waals surface area (Å²) >= 11 is 5.81. The second kappa shape index (κ2) is 8.06. The SMILES string of the molecule is O=C(COC(=O)[C@@H]1[C@@H]2C[C@@H]3[C@H]1C(=O)O[C@@H]3C2)c1ccc(OC(=O)c2ccc(Cl)cc2)cc1. The number of hydrogen-bond acceptors (Lipinski definition) is 7. The van der Waals surface area contributed by atoms with Crippen LogP contribution in [-0.4, -0.2) is 36.4 Å². The Balaban J connectivity index is 1.16. The summed E-state index contributed by atoms with van der Waals surface area (Å²) in [6.07, 6.45) is 1.43. The van der Waals surface area contributed by atoms with E-state index in [0.29, 0.717) is 22.6 Å². The van der Waals surface area contributed by atoms with Crippen molar-refractivity contribution in [1.29, 1.82) is 0 Å². The Kier molecular flexibility index (Phi) is 5.21. The third-order valence-corrected chi connectivity index (χ3v) is 6.82. The number of ether oxygens (including phenoxy) is 3. The van der Waals surface area contributed by atoms with E-state index in [9.17, 15) is 19.2 Å². The molecule has 7 nitrogen and oxygen atoms in total. The van der Waals surface area contributed by atoms with Crippen LogP contribution in [0, 0.1) is 23.7 Å². The first kappa shape index (κ1) is 20.7. The van der Waals surface area contributed by atoms with Crippen LogP contribution in [-0.2, 0) is 19.1 Å². The molecule has 5 atom stereocenters. The lowest BCUT2D eigenvalue weighted by Gasteiger charge is -2.22. The topological polar surface area (TPSA) is 96.0 Å². The van der Waals surface area contributed by atoms with Crippen LogP contribution >= 0.6 is 11.6 Å². The van der Waals surface area contributed by atoms with Gasteiger partial charge in [-0.25, -0.2) is 4.79 Å². The van der Waals surface area contributed by atoms with Crippen molar-refractivity contribution in [2.45, 2.75) is 18.9 Å². The number of esters is 3. The highest BCUT2D eigenvalue weighted by atomic mass is 35.5. The van der Waals surface area contributed by atoms with Crippen molar-refractivity contribution in [3.05, 3.63) is 64.7 Å². The van der Waals surface area contributed by atoms with Gasteiger partial charge >= 0.3 is 17.9 Å². The third kappa shape index (κ3) is 3.66. The first-order valence-electron chi connectivity index (χ1n) is 10.4. The van der Waals surface area contributed by atoms with E-state index in [4.69, 9.17) is 25.8 Å². The van der Waals surface area contributed by atoms with E-state index in [1.165, 1.54) is 24.3 Å². The van der Waals surface area contributed by atoms with Crippen molar-refractivity contribution in [1.82, 2.24) is 0 Å². The predicted octanol–water partition coefficient (Wildman–Crippen LogP) is 3.48. The van der Waals surface area contributed by atoms with Gasteiger partial charge in [0.25, 0.3) is 0 Å². The Morgan fingerprint density at radius 3 is 2.38 bits per heavy atom. The van der Waals surface area contributed by atoms with Crippen molar-refractivity contribution < 1.29 is 33.4 Å². The summed E-state index contributed by atoms with van der Waals surface area (Å²) in [4.78, 5) is 49.2. The molecule has 32 heavy (non-hydrogen) atoms. The fourth-order valence-corrected chi connectivity index (χ4v) is 5.23. The Hall–Kier alpha value is -3.19. The summed E-state index contributed by atoms with van der Waals surface area (Å²) in [5.74, 6) is -2.27. The van der Waals surface area contributed by atoms with E-state index in [2.05, 4.69) is 0 Å². The van der Waals surface area contributed by atoms with Gasteiger partial charge in [0.15, 0.2) is 12.4 Å². The smallest absolute Gasteiger partial charge is 0.343 e. The molecule has 5 rings (SSSR count). The molecular weight excluding hydrogens is 436 g/mol. The lowest BCUT2D eigenvalue weighted by atomic mass is 9.80. The molecule has 1 saturated heterocycles. The number of Topliss-reactive ketones (excluding diaryl/α,β-unsaturated/α-hetero) is 1. The van der Waals surface area contributed by atoms with Crippen LogP contribution in [0.2, 0.25) is 5.02 Å². The first-order valence-corrected chi connectivity index (χ1v) is 10.8. The van der Waals surface area contributed by atoms with E-state index in [-0.39, 0.29) is 35.4 Å². The van der Waals surface area contributed by atoms with Gasteiger partial charge in [0.05, 0.1) is 17.4 Å². The predicted molar refractivity (Wildman–Crippen MR) is 111 cm³/mol. The number of carbonyl (C=O) groups is 4. The fraction of sp³-hybridized carbons (Fsp3) is 0.333. The van der Waals surface area contributed by atoms with Crippen LogP contribution in [0.15, 0.2) is 48.5 Å². The van der Waals surface area contributed by atoms with Crippen LogP contribution in [0.4, 0.5) is 0 Å². The molecule has 1 heterocycles. The second-order valence-corrected chi connectivity index (χ2v) is 8.81. The van der Waals surface area contributed by atoms with Gasteiger partial charge in [-0.3, -0.25) is 14.4 Å². The molecule has 2 aromatic carbocycles. The minimum Gasteiger partial charge on any atom is -0.462 e. The molecule has 0 N–H and O–H groups in total. The fourth-order valence-electron chi connectivity index (χ4n) is 5.10. The summed E-state index contributed by atoms with van der Waals surface area (Å²) in [7, 11) is 0. The molecule has 2 aliphatic carbocycles. The van der Waals surface area contributed by atoms with Crippen molar-refractivity contribution in [3.63, 3.8) is 0 Å². The van der Waals surface area contributed by atoms with Crippen LogP contribution in [0.5, 0.6) is 5.75 Å². The molecule has 0 unspecified atom stereocenters. The average molecular weight is 455 g/mol. The Morgan fingerprint density at radius 1 is 0.969 bits per heavy atom. The van der Waals surface area contributed by atoms with Gasteiger partial charge in [0.1, 0.15) is 11.9 Å². The zero-order chi connectivity index (χ0) is 22.4. The zero-order valence-electron chi connectivity index (χ0n) is 16.9. The maximum atomic E-state index is 12.6. The Bertz CT molecular complexity index is 1090. The number of fused-ring (bicyclic) bond motifs is 1. The van der Waals surface area contributed by atoms with Crippen LogP contribution in [0.3, 0.4) is 0 Å². The van der Waals surface area contributed by atoms with Gasteiger partial charge in [-0.2, -0.15) is 0 Å². The Labute approximate surface area is 188 Å². The summed E-state index contributed by atoms with van der Waals surface area (Å²) in [5.41, 5.74) is 0.664. The third-order valence-electron chi connectivity index (χ3n) is 6.57. The van der Waals surface area contributed by atoms with Gasteiger partial charge in [0, 0.05) is 16.5 Å². The second-order valence-electron chi connectivity index (χ2n) is 8.37. The van der Waals surface area contributed by atoms with Crippen molar-refractivity contribution in [3.8, 4) is 5.75 Å². The quantitative estimate of drug-likeness (QED) is 0.374. The van der Waals surface area contributed by atoms with Crippen LogP contribution in [0.1, 0.15) is 33.6 Å². The normalized spacial score (nSPS) is 27.2. The molecule has 0 aromatic heterocycles. The Morgan fingerprint density at radius 2 is 1.66 bits per heavy atom. The molecule has 3 aliphatic rings. The average Bonchev–Trinajstić information content (AvgIpc) is 3.41. The summed E-state index contributed by atoms with van der Waals surface area (Å²) < 4.78 is 15.9. The van der Waals surface area contributed by atoms with Crippen molar-refractivity contribution in [2.24, 2.45) is 23.7 Å². The molecule has 0 amide bonds. The van der Waals surface area contributed by atoms with Crippen LogP contribution in [0.25, 0.3) is 0 Å². The van der Waals surface area contributed by atoms with Gasteiger partial charge in [-0.1, -0.05) is 11.6 Å². The number of benzene rings is 2. The highest BCUT2D eigenvalue weighted by Gasteiger charge is 2.64. The first-order chi connectivity index (χ1) is 15.4. The maximum absolute atomic E-state index is 12.6. The van der Waals surface area contributed by atoms with Gasteiger partial charge in [0.2, 0.25) is 0 Å². The number of rotatable bonds is 6. The highest BCUT2D eigenvalue weighted by molar-refractivity contribution is 6.30. The molecule has 2 aromatic rings.